The maximum absolute atomic E-state index is 11.1. The number of rotatable bonds is 1. The van der Waals surface area contributed by atoms with Crippen LogP contribution in [0.4, 0.5) is 0 Å². The summed E-state index contributed by atoms with van der Waals surface area (Å²) in [5.74, 6) is -0.837. The van der Waals surface area contributed by atoms with Crippen molar-refractivity contribution < 1.29 is 9.90 Å². The third-order valence-corrected chi connectivity index (χ3v) is 5.52. The third kappa shape index (κ3) is 1.91. The first kappa shape index (κ1) is 12.2. The first-order valence-corrected chi connectivity index (χ1v) is 6.21. The van der Waals surface area contributed by atoms with Gasteiger partial charge >= 0.3 is 5.97 Å². The molecule has 1 N–H and O–H groups in total. The van der Waals surface area contributed by atoms with Gasteiger partial charge in [-0.25, -0.2) is 4.79 Å². The summed E-state index contributed by atoms with van der Waals surface area (Å²) in [5, 5.41) is 9.08. The summed E-state index contributed by atoms with van der Waals surface area (Å²) in [5.41, 5.74) is 3.36. The van der Waals surface area contributed by atoms with Gasteiger partial charge in [-0.05, 0) is 82.6 Å². The highest BCUT2D eigenvalue weighted by Crippen LogP contribution is 2.29. The van der Waals surface area contributed by atoms with Crippen LogP contribution in [0.5, 0.6) is 0 Å². The van der Waals surface area contributed by atoms with Gasteiger partial charge in [-0.15, -0.1) is 0 Å². The Hall–Kier alpha value is 0.150. The lowest BCUT2D eigenvalue weighted by Crippen LogP contribution is -2.08. The van der Waals surface area contributed by atoms with Gasteiger partial charge in [0.2, 0.25) is 0 Å². The van der Waals surface area contributed by atoms with Crippen molar-refractivity contribution in [1.29, 1.82) is 0 Å². The fraction of sp³-hybridized carbons (Fsp3) is 0.300. The standard InChI is InChI=1S/C10H10I2O2/c1-4-7(10(13)14)5(2)9(12)6(3)8(4)11/h1-3H3,(H,13,14). The minimum atomic E-state index is -0.837. The number of benzene rings is 1. The number of carboxylic acids is 1. The molecular formula is C10H10I2O2. The normalized spacial score (nSPS) is 10.4. The number of carbonyl (C=O) groups is 1. The lowest BCUT2D eigenvalue weighted by Gasteiger charge is -2.13. The fourth-order valence-corrected chi connectivity index (χ4v) is 3.08. The highest BCUT2D eigenvalue weighted by molar-refractivity contribution is 14.1. The maximum atomic E-state index is 11.1. The summed E-state index contributed by atoms with van der Waals surface area (Å²) in [6.07, 6.45) is 0. The van der Waals surface area contributed by atoms with E-state index in [1.807, 2.05) is 20.8 Å². The summed E-state index contributed by atoms with van der Waals surface area (Å²) in [6.45, 7) is 5.75. The Morgan fingerprint density at radius 2 is 1.36 bits per heavy atom. The van der Waals surface area contributed by atoms with Crippen molar-refractivity contribution in [2.75, 3.05) is 0 Å². The second kappa shape index (κ2) is 4.34. The van der Waals surface area contributed by atoms with E-state index in [4.69, 9.17) is 5.11 Å². The van der Waals surface area contributed by atoms with Crippen molar-refractivity contribution in [3.8, 4) is 0 Å². The monoisotopic (exact) mass is 416 g/mol. The molecule has 0 aliphatic rings. The Labute approximate surface area is 110 Å². The summed E-state index contributed by atoms with van der Waals surface area (Å²) in [7, 11) is 0. The maximum Gasteiger partial charge on any atom is 0.336 e. The van der Waals surface area contributed by atoms with Gasteiger partial charge in [-0.1, -0.05) is 0 Å². The minimum Gasteiger partial charge on any atom is -0.478 e. The SMILES string of the molecule is Cc1c(I)c(C)c(C(=O)O)c(C)c1I. The molecule has 14 heavy (non-hydrogen) atoms. The van der Waals surface area contributed by atoms with Crippen LogP contribution in [0.2, 0.25) is 0 Å². The van der Waals surface area contributed by atoms with Crippen LogP contribution in [0, 0.1) is 27.9 Å². The molecule has 0 bridgehead atoms. The van der Waals surface area contributed by atoms with Gasteiger partial charge in [0.25, 0.3) is 0 Å². The van der Waals surface area contributed by atoms with E-state index in [0.29, 0.717) is 5.56 Å². The first-order chi connectivity index (χ1) is 6.37. The topological polar surface area (TPSA) is 37.3 Å². The van der Waals surface area contributed by atoms with Gasteiger partial charge in [0.15, 0.2) is 0 Å². The summed E-state index contributed by atoms with van der Waals surface area (Å²) in [6, 6.07) is 0. The Balaban J connectivity index is 3.68. The zero-order valence-electron chi connectivity index (χ0n) is 8.11. The predicted octanol–water partition coefficient (Wildman–Crippen LogP) is 3.52. The molecule has 1 aromatic rings. The summed E-state index contributed by atoms with van der Waals surface area (Å²) < 4.78 is 2.10. The molecule has 1 aromatic carbocycles. The Bertz CT molecular complexity index is 382. The van der Waals surface area contributed by atoms with Gasteiger partial charge in [0.1, 0.15) is 0 Å². The van der Waals surface area contributed by atoms with E-state index < -0.39 is 5.97 Å². The fourth-order valence-electron chi connectivity index (χ4n) is 1.48. The average Bonchev–Trinajstić information content (AvgIpc) is 2.11. The molecule has 0 saturated heterocycles. The van der Waals surface area contributed by atoms with Crippen LogP contribution in [0.15, 0.2) is 0 Å². The zero-order valence-corrected chi connectivity index (χ0v) is 12.4. The van der Waals surface area contributed by atoms with E-state index in [1.54, 1.807) is 0 Å². The Kier molecular flexibility index (Phi) is 3.79. The van der Waals surface area contributed by atoms with E-state index in [2.05, 4.69) is 45.2 Å². The molecule has 0 atom stereocenters. The number of carboxylic acid groups (broad SMARTS) is 1. The van der Waals surface area contributed by atoms with E-state index in [-0.39, 0.29) is 0 Å². The van der Waals surface area contributed by atoms with Gasteiger partial charge in [-0.3, -0.25) is 0 Å². The Morgan fingerprint density at radius 1 is 1.00 bits per heavy atom. The molecule has 0 saturated carbocycles. The van der Waals surface area contributed by atoms with Crippen molar-refractivity contribution in [2.24, 2.45) is 0 Å². The molecule has 0 aliphatic carbocycles. The number of hydrogen-bond acceptors (Lipinski definition) is 1. The molecule has 4 heteroatoms. The van der Waals surface area contributed by atoms with E-state index in [9.17, 15) is 4.79 Å². The molecule has 2 nitrogen and oxygen atoms in total. The van der Waals surface area contributed by atoms with Crippen molar-refractivity contribution in [3.05, 3.63) is 29.4 Å². The molecule has 1 rings (SSSR count). The lowest BCUT2D eigenvalue weighted by molar-refractivity contribution is 0.0695. The number of aromatic carboxylic acids is 1. The molecule has 0 amide bonds. The van der Waals surface area contributed by atoms with Crippen molar-refractivity contribution in [2.45, 2.75) is 20.8 Å². The smallest absolute Gasteiger partial charge is 0.336 e. The highest BCUT2D eigenvalue weighted by atomic mass is 127. The lowest BCUT2D eigenvalue weighted by atomic mass is 10.00. The second-order valence-corrected chi connectivity index (χ2v) is 5.34. The van der Waals surface area contributed by atoms with Crippen LogP contribution in [0.3, 0.4) is 0 Å². The molecule has 0 unspecified atom stereocenters. The first-order valence-electron chi connectivity index (χ1n) is 4.06. The molecule has 0 aliphatic heterocycles. The van der Waals surface area contributed by atoms with Crippen LogP contribution in [-0.2, 0) is 0 Å². The molecule has 0 spiro atoms. The summed E-state index contributed by atoms with van der Waals surface area (Å²) >= 11 is 4.40. The zero-order chi connectivity index (χ0) is 11.0. The van der Waals surface area contributed by atoms with Gasteiger partial charge in [-0.2, -0.15) is 0 Å². The van der Waals surface area contributed by atoms with Gasteiger partial charge in [0.05, 0.1) is 5.56 Å². The van der Waals surface area contributed by atoms with Crippen LogP contribution in [0.1, 0.15) is 27.0 Å². The van der Waals surface area contributed by atoms with Crippen molar-refractivity contribution >= 4 is 51.2 Å². The van der Waals surface area contributed by atoms with Crippen LogP contribution in [0.25, 0.3) is 0 Å². The largest absolute Gasteiger partial charge is 0.478 e. The molecule has 0 heterocycles. The van der Waals surface area contributed by atoms with Crippen molar-refractivity contribution in [1.82, 2.24) is 0 Å². The number of halogens is 2. The predicted molar refractivity (Wildman–Crippen MR) is 73.0 cm³/mol. The third-order valence-electron chi connectivity index (χ3n) is 2.28. The average molecular weight is 416 g/mol. The molecular weight excluding hydrogens is 406 g/mol. The van der Waals surface area contributed by atoms with E-state index >= 15 is 0 Å². The van der Waals surface area contributed by atoms with E-state index in [0.717, 1.165) is 18.3 Å². The van der Waals surface area contributed by atoms with Crippen LogP contribution in [-0.4, -0.2) is 11.1 Å². The molecule has 0 aromatic heterocycles. The van der Waals surface area contributed by atoms with Gasteiger partial charge in [0, 0.05) is 7.14 Å². The van der Waals surface area contributed by atoms with Crippen LogP contribution < -0.4 is 0 Å². The van der Waals surface area contributed by atoms with Gasteiger partial charge < -0.3 is 5.11 Å². The van der Waals surface area contributed by atoms with E-state index in [1.165, 1.54) is 5.56 Å². The van der Waals surface area contributed by atoms with Crippen LogP contribution >= 0.6 is 45.2 Å². The molecule has 0 fully saturated rings. The molecule has 76 valence electrons. The second-order valence-electron chi connectivity index (χ2n) is 3.18. The number of hydrogen-bond donors (Lipinski definition) is 1. The molecule has 0 radical (unpaired) electrons. The highest BCUT2D eigenvalue weighted by Gasteiger charge is 2.18. The minimum absolute atomic E-state index is 0.449. The summed E-state index contributed by atoms with van der Waals surface area (Å²) in [4.78, 5) is 11.1. The Morgan fingerprint density at radius 3 is 1.64 bits per heavy atom. The van der Waals surface area contributed by atoms with Crippen molar-refractivity contribution in [3.63, 3.8) is 0 Å². The quantitative estimate of drug-likeness (QED) is 0.712.